The average Bonchev–Trinajstić information content (AvgIpc) is 2.47. The van der Waals surface area contributed by atoms with Crippen LogP contribution in [0, 0.1) is 5.92 Å². The van der Waals surface area contributed by atoms with Crippen LogP contribution in [0.2, 0.25) is 0 Å². The Bertz CT molecular complexity index is 424. The van der Waals surface area contributed by atoms with Crippen LogP contribution >= 0.6 is 0 Å². The summed E-state index contributed by atoms with van der Waals surface area (Å²) in [4.78, 5) is 23.7. The summed E-state index contributed by atoms with van der Waals surface area (Å²) < 4.78 is 10.6. The van der Waals surface area contributed by atoms with E-state index < -0.39 is 23.3 Å². The number of rotatable bonds is 1. The normalized spacial score (nSPS) is 33.6. The van der Waals surface area contributed by atoms with Gasteiger partial charge in [0.15, 0.2) is 0 Å². The van der Waals surface area contributed by atoms with Crippen molar-refractivity contribution in [3.63, 3.8) is 0 Å². The molecule has 19 heavy (non-hydrogen) atoms. The van der Waals surface area contributed by atoms with Gasteiger partial charge < -0.3 is 14.8 Å². The zero-order valence-corrected chi connectivity index (χ0v) is 11.9. The topological polar surface area (TPSA) is 64.6 Å². The zero-order chi connectivity index (χ0) is 14.3. The van der Waals surface area contributed by atoms with Crippen LogP contribution in [0.4, 0.5) is 4.79 Å². The molecule has 1 aliphatic heterocycles. The molecule has 106 valence electrons. The Morgan fingerprint density at radius 2 is 2.21 bits per heavy atom. The molecule has 5 nitrogen and oxygen atoms in total. The summed E-state index contributed by atoms with van der Waals surface area (Å²) in [5.74, 6) is -0.414. The summed E-state index contributed by atoms with van der Waals surface area (Å²) in [5, 5.41) is 2.64. The van der Waals surface area contributed by atoms with Crippen molar-refractivity contribution in [2.75, 3.05) is 0 Å². The van der Waals surface area contributed by atoms with Gasteiger partial charge in [-0.25, -0.2) is 9.59 Å². The fraction of sp³-hybridized carbons (Fsp3) is 0.714. The minimum absolute atomic E-state index is 0.0301. The van der Waals surface area contributed by atoms with Crippen LogP contribution in [-0.4, -0.2) is 29.3 Å². The third-order valence-electron chi connectivity index (χ3n) is 3.48. The van der Waals surface area contributed by atoms with Gasteiger partial charge in [-0.2, -0.15) is 0 Å². The SMILES string of the molecule is CC(C)(C)OC(=O)N[C@@H]1C(=O)O[C@@]2(C)C=CCC[C@@H]12. The van der Waals surface area contributed by atoms with E-state index in [0.717, 1.165) is 12.8 Å². The van der Waals surface area contributed by atoms with Crippen LogP contribution in [0.1, 0.15) is 40.5 Å². The van der Waals surface area contributed by atoms with E-state index in [1.165, 1.54) is 0 Å². The van der Waals surface area contributed by atoms with Crippen molar-refractivity contribution in [1.82, 2.24) is 5.32 Å². The van der Waals surface area contributed by atoms with Crippen LogP contribution in [0.3, 0.4) is 0 Å². The van der Waals surface area contributed by atoms with Crippen LogP contribution in [-0.2, 0) is 14.3 Å². The number of carbonyl (C=O) groups is 2. The summed E-state index contributed by atoms with van der Waals surface area (Å²) in [5.41, 5.74) is -1.18. The van der Waals surface area contributed by atoms with Crippen molar-refractivity contribution in [1.29, 1.82) is 0 Å². The van der Waals surface area contributed by atoms with Crippen LogP contribution in [0.15, 0.2) is 12.2 Å². The van der Waals surface area contributed by atoms with Crippen LogP contribution < -0.4 is 5.32 Å². The largest absolute Gasteiger partial charge is 0.453 e. The van der Waals surface area contributed by atoms with Crippen molar-refractivity contribution >= 4 is 12.1 Å². The van der Waals surface area contributed by atoms with E-state index in [2.05, 4.69) is 5.32 Å². The molecule has 2 rings (SSSR count). The minimum atomic E-state index is -0.621. The molecule has 0 aromatic carbocycles. The number of fused-ring (bicyclic) bond motifs is 1. The zero-order valence-electron chi connectivity index (χ0n) is 11.9. The monoisotopic (exact) mass is 267 g/mol. The molecular formula is C14H21NO4. The second kappa shape index (κ2) is 4.54. The fourth-order valence-corrected chi connectivity index (χ4v) is 2.65. The third kappa shape index (κ3) is 2.91. The summed E-state index contributed by atoms with van der Waals surface area (Å²) in [6.07, 6.45) is 5.06. The molecule has 0 spiro atoms. The van der Waals surface area contributed by atoms with Gasteiger partial charge in [0, 0.05) is 5.92 Å². The standard InChI is InChI=1S/C14H21NO4/c1-13(2,3)19-12(17)15-10-9-7-5-6-8-14(9,4)18-11(10)16/h6,8-10H,5,7H2,1-4H3,(H,15,17)/t9-,10-,14-/m0/s1. The molecule has 0 bridgehead atoms. The number of hydrogen-bond acceptors (Lipinski definition) is 4. The predicted molar refractivity (Wildman–Crippen MR) is 69.5 cm³/mol. The third-order valence-corrected chi connectivity index (χ3v) is 3.48. The number of hydrogen-bond donors (Lipinski definition) is 1. The number of allylic oxidation sites excluding steroid dienone is 1. The van der Waals surface area contributed by atoms with E-state index in [0.29, 0.717) is 0 Å². The maximum Gasteiger partial charge on any atom is 0.408 e. The fourth-order valence-electron chi connectivity index (χ4n) is 2.65. The Morgan fingerprint density at radius 3 is 2.84 bits per heavy atom. The Labute approximate surface area is 113 Å². The number of alkyl carbamates (subject to hydrolysis) is 1. The van der Waals surface area contributed by atoms with Gasteiger partial charge in [-0.15, -0.1) is 0 Å². The lowest BCUT2D eigenvalue weighted by molar-refractivity contribution is -0.146. The van der Waals surface area contributed by atoms with Gasteiger partial charge in [0.25, 0.3) is 0 Å². The number of amides is 1. The van der Waals surface area contributed by atoms with E-state index in [4.69, 9.17) is 9.47 Å². The average molecular weight is 267 g/mol. The van der Waals surface area contributed by atoms with Crippen molar-refractivity contribution < 1.29 is 19.1 Å². The molecule has 2 aliphatic rings. The number of esters is 1. The highest BCUT2D eigenvalue weighted by Crippen LogP contribution is 2.40. The van der Waals surface area contributed by atoms with Gasteiger partial charge >= 0.3 is 12.1 Å². The Hall–Kier alpha value is -1.52. The van der Waals surface area contributed by atoms with Crippen molar-refractivity contribution in [3.05, 3.63) is 12.2 Å². The molecule has 3 atom stereocenters. The van der Waals surface area contributed by atoms with Crippen LogP contribution in [0.5, 0.6) is 0 Å². The lowest BCUT2D eigenvalue weighted by Gasteiger charge is -2.31. The predicted octanol–water partition coefficient (Wildman–Crippen LogP) is 2.16. The molecular weight excluding hydrogens is 246 g/mol. The smallest absolute Gasteiger partial charge is 0.408 e. The van der Waals surface area contributed by atoms with E-state index in [-0.39, 0.29) is 11.9 Å². The van der Waals surface area contributed by atoms with Crippen molar-refractivity contribution in [3.8, 4) is 0 Å². The van der Waals surface area contributed by atoms with Gasteiger partial charge in [-0.1, -0.05) is 6.08 Å². The summed E-state index contributed by atoms with van der Waals surface area (Å²) >= 11 is 0. The molecule has 0 radical (unpaired) electrons. The van der Waals surface area contributed by atoms with Gasteiger partial charge in [0.2, 0.25) is 0 Å². The highest BCUT2D eigenvalue weighted by atomic mass is 16.6. The molecule has 0 unspecified atom stereocenters. The quantitative estimate of drug-likeness (QED) is 0.584. The van der Waals surface area contributed by atoms with Gasteiger partial charge in [-0.05, 0) is 46.6 Å². The lowest BCUT2D eigenvalue weighted by atomic mass is 9.79. The molecule has 5 heteroatoms. The molecule has 1 fully saturated rings. The minimum Gasteiger partial charge on any atom is -0.453 e. The second-order valence-corrected chi connectivity index (χ2v) is 6.32. The van der Waals surface area contributed by atoms with Gasteiger partial charge in [-0.3, -0.25) is 0 Å². The number of carbonyl (C=O) groups excluding carboxylic acids is 2. The summed E-state index contributed by atoms with van der Waals surface area (Å²) in [6, 6.07) is -0.621. The highest BCUT2D eigenvalue weighted by molar-refractivity contribution is 5.84. The Kier molecular flexibility index (Phi) is 3.32. The molecule has 0 saturated carbocycles. The van der Waals surface area contributed by atoms with Gasteiger partial charge in [0.1, 0.15) is 17.2 Å². The first-order valence-corrected chi connectivity index (χ1v) is 6.61. The molecule has 0 aromatic heterocycles. The second-order valence-electron chi connectivity index (χ2n) is 6.32. The number of ether oxygens (including phenoxy) is 2. The first kappa shape index (κ1) is 13.9. The Balaban J connectivity index is 2.07. The molecule has 1 aliphatic carbocycles. The van der Waals surface area contributed by atoms with Crippen molar-refractivity contribution in [2.24, 2.45) is 5.92 Å². The summed E-state index contributed by atoms with van der Waals surface area (Å²) in [6.45, 7) is 7.23. The maximum absolute atomic E-state index is 11.9. The molecule has 1 N–H and O–H groups in total. The molecule has 1 saturated heterocycles. The van der Waals surface area contributed by atoms with E-state index in [1.54, 1.807) is 20.8 Å². The van der Waals surface area contributed by atoms with Gasteiger partial charge in [0.05, 0.1) is 0 Å². The molecule has 1 amide bonds. The van der Waals surface area contributed by atoms with E-state index >= 15 is 0 Å². The Morgan fingerprint density at radius 1 is 1.53 bits per heavy atom. The maximum atomic E-state index is 11.9. The lowest BCUT2D eigenvalue weighted by Crippen LogP contribution is -2.47. The molecule has 0 aromatic rings. The van der Waals surface area contributed by atoms with Crippen molar-refractivity contribution in [2.45, 2.75) is 57.8 Å². The summed E-state index contributed by atoms with van der Waals surface area (Å²) in [7, 11) is 0. The number of nitrogens with one attached hydrogen (secondary N) is 1. The first-order chi connectivity index (χ1) is 8.71. The van der Waals surface area contributed by atoms with E-state index in [1.807, 2.05) is 19.1 Å². The molecule has 1 heterocycles. The van der Waals surface area contributed by atoms with E-state index in [9.17, 15) is 9.59 Å². The van der Waals surface area contributed by atoms with Crippen LogP contribution in [0.25, 0.3) is 0 Å². The highest BCUT2D eigenvalue weighted by Gasteiger charge is 2.52. The first-order valence-electron chi connectivity index (χ1n) is 6.61.